The molecule has 0 fully saturated rings. The molecule has 88 valence electrons. The van der Waals surface area contributed by atoms with Gasteiger partial charge in [-0.15, -0.1) is 0 Å². The zero-order valence-corrected chi connectivity index (χ0v) is 13.3. The molecule has 0 aliphatic rings. The van der Waals surface area contributed by atoms with Crippen LogP contribution in [0.3, 0.4) is 0 Å². The Kier molecular flexibility index (Phi) is 4.24. The minimum atomic E-state index is 0.402. The van der Waals surface area contributed by atoms with Gasteiger partial charge in [-0.1, -0.05) is 52.5 Å². The highest BCUT2D eigenvalue weighted by atomic mass is 127. The molecule has 0 unspecified atom stereocenters. The highest BCUT2D eigenvalue weighted by Gasteiger charge is 2.09. The van der Waals surface area contributed by atoms with Gasteiger partial charge in [0, 0.05) is 3.57 Å². The molecule has 0 bridgehead atoms. The van der Waals surface area contributed by atoms with E-state index in [0.717, 1.165) is 14.7 Å². The minimum absolute atomic E-state index is 0.402. The standard InChI is InChI=1S/C13H8Cl3I/c1-7-2-3-9(12(17)4-7)8-5-10(14)13(16)11(15)6-8/h2-6H,1H3. The summed E-state index contributed by atoms with van der Waals surface area (Å²) in [5.74, 6) is 0. The SMILES string of the molecule is Cc1ccc(-c2cc(Cl)c(Cl)c(Cl)c2)c(I)c1. The highest BCUT2D eigenvalue weighted by molar-refractivity contribution is 14.1. The van der Waals surface area contributed by atoms with Crippen molar-refractivity contribution in [1.82, 2.24) is 0 Å². The Morgan fingerprint density at radius 2 is 1.53 bits per heavy atom. The molecule has 2 rings (SSSR count). The first-order valence-corrected chi connectivity index (χ1v) is 7.11. The number of benzene rings is 2. The lowest BCUT2D eigenvalue weighted by Crippen LogP contribution is -1.85. The highest BCUT2D eigenvalue weighted by Crippen LogP contribution is 2.36. The van der Waals surface area contributed by atoms with Gasteiger partial charge in [-0.25, -0.2) is 0 Å². The lowest BCUT2D eigenvalue weighted by molar-refractivity contribution is 1.44. The van der Waals surface area contributed by atoms with E-state index in [4.69, 9.17) is 34.8 Å². The normalized spacial score (nSPS) is 10.6. The van der Waals surface area contributed by atoms with Crippen LogP contribution in [-0.2, 0) is 0 Å². The first-order valence-electron chi connectivity index (χ1n) is 4.90. The van der Waals surface area contributed by atoms with Crippen molar-refractivity contribution >= 4 is 57.4 Å². The molecule has 0 heterocycles. The van der Waals surface area contributed by atoms with E-state index in [9.17, 15) is 0 Å². The van der Waals surface area contributed by atoms with Gasteiger partial charge in [-0.05, 0) is 58.8 Å². The van der Waals surface area contributed by atoms with E-state index >= 15 is 0 Å². The van der Waals surface area contributed by atoms with E-state index in [0.29, 0.717) is 15.1 Å². The molecular weight excluding hydrogens is 389 g/mol. The number of hydrogen-bond acceptors (Lipinski definition) is 0. The number of halogens is 4. The summed E-state index contributed by atoms with van der Waals surface area (Å²) in [5, 5.41) is 1.36. The van der Waals surface area contributed by atoms with Gasteiger partial charge in [0.25, 0.3) is 0 Å². The summed E-state index contributed by atoms with van der Waals surface area (Å²) >= 11 is 20.3. The summed E-state index contributed by atoms with van der Waals surface area (Å²) in [6.45, 7) is 2.06. The van der Waals surface area contributed by atoms with Crippen molar-refractivity contribution in [2.75, 3.05) is 0 Å². The quantitative estimate of drug-likeness (QED) is 0.395. The summed E-state index contributed by atoms with van der Waals surface area (Å²) < 4.78 is 1.16. The Hall–Kier alpha value is 0.0400. The lowest BCUT2D eigenvalue weighted by atomic mass is 10.0. The van der Waals surface area contributed by atoms with Gasteiger partial charge in [0.05, 0.1) is 15.1 Å². The van der Waals surface area contributed by atoms with Crippen LogP contribution in [0.2, 0.25) is 15.1 Å². The molecule has 0 nitrogen and oxygen atoms in total. The van der Waals surface area contributed by atoms with Gasteiger partial charge in [0.2, 0.25) is 0 Å². The summed E-state index contributed by atoms with van der Waals surface area (Å²) in [6.07, 6.45) is 0. The molecule has 0 aliphatic carbocycles. The molecule has 0 aliphatic heterocycles. The average Bonchev–Trinajstić information content (AvgIpc) is 2.25. The third-order valence-corrected chi connectivity index (χ3v) is 4.51. The van der Waals surface area contributed by atoms with E-state index in [1.54, 1.807) is 0 Å². The Morgan fingerprint density at radius 1 is 0.941 bits per heavy atom. The number of rotatable bonds is 1. The molecule has 0 aromatic heterocycles. The predicted octanol–water partition coefficient (Wildman–Crippen LogP) is 6.23. The second kappa shape index (κ2) is 5.35. The first kappa shape index (κ1) is 13.5. The van der Waals surface area contributed by atoms with E-state index in [-0.39, 0.29) is 0 Å². The third-order valence-electron chi connectivity index (χ3n) is 2.42. The Labute approximate surface area is 129 Å². The predicted molar refractivity (Wildman–Crippen MR) is 84.4 cm³/mol. The van der Waals surface area contributed by atoms with E-state index in [1.165, 1.54) is 5.56 Å². The largest absolute Gasteiger partial charge is 0.0826 e. The monoisotopic (exact) mass is 396 g/mol. The number of aryl methyl sites for hydroxylation is 1. The van der Waals surface area contributed by atoms with Crippen LogP contribution in [0.25, 0.3) is 11.1 Å². The Morgan fingerprint density at radius 3 is 2.06 bits per heavy atom. The van der Waals surface area contributed by atoms with Crippen molar-refractivity contribution in [3.63, 3.8) is 0 Å². The van der Waals surface area contributed by atoms with Crippen LogP contribution in [0.1, 0.15) is 5.56 Å². The van der Waals surface area contributed by atoms with Crippen LogP contribution < -0.4 is 0 Å². The van der Waals surface area contributed by atoms with Crippen molar-refractivity contribution in [3.8, 4) is 11.1 Å². The van der Waals surface area contributed by atoms with Crippen molar-refractivity contribution < 1.29 is 0 Å². The van der Waals surface area contributed by atoms with Crippen LogP contribution in [0, 0.1) is 10.5 Å². The Balaban J connectivity index is 2.61. The molecule has 0 saturated carbocycles. The fourth-order valence-corrected chi connectivity index (χ4v) is 3.14. The van der Waals surface area contributed by atoms with Crippen molar-refractivity contribution in [1.29, 1.82) is 0 Å². The maximum atomic E-state index is 6.03. The molecule has 0 atom stereocenters. The second-order valence-corrected chi connectivity index (χ2v) is 6.09. The van der Waals surface area contributed by atoms with Crippen molar-refractivity contribution in [2.24, 2.45) is 0 Å². The minimum Gasteiger partial charge on any atom is -0.0826 e. The zero-order chi connectivity index (χ0) is 12.6. The fourth-order valence-electron chi connectivity index (χ4n) is 1.57. The summed E-state index contributed by atoms with van der Waals surface area (Å²) in [6, 6.07) is 9.92. The van der Waals surface area contributed by atoms with E-state index < -0.39 is 0 Å². The smallest absolute Gasteiger partial charge is 0.0778 e. The van der Waals surface area contributed by atoms with Crippen LogP contribution >= 0.6 is 57.4 Å². The van der Waals surface area contributed by atoms with Gasteiger partial charge >= 0.3 is 0 Å². The molecule has 4 heteroatoms. The van der Waals surface area contributed by atoms with Crippen molar-refractivity contribution in [2.45, 2.75) is 6.92 Å². The van der Waals surface area contributed by atoms with Crippen LogP contribution in [0.15, 0.2) is 30.3 Å². The molecular formula is C13H8Cl3I. The first-order chi connectivity index (χ1) is 7.99. The van der Waals surface area contributed by atoms with E-state index in [1.807, 2.05) is 12.1 Å². The average molecular weight is 397 g/mol. The molecule has 0 radical (unpaired) electrons. The van der Waals surface area contributed by atoms with Crippen LogP contribution in [0.5, 0.6) is 0 Å². The van der Waals surface area contributed by atoms with Gasteiger partial charge in [0.15, 0.2) is 0 Å². The molecule has 17 heavy (non-hydrogen) atoms. The van der Waals surface area contributed by atoms with Gasteiger partial charge in [0.1, 0.15) is 0 Å². The summed E-state index contributed by atoms with van der Waals surface area (Å²) in [5.41, 5.74) is 3.31. The van der Waals surface area contributed by atoms with Crippen LogP contribution in [-0.4, -0.2) is 0 Å². The van der Waals surface area contributed by atoms with E-state index in [2.05, 4.69) is 47.7 Å². The number of hydrogen-bond donors (Lipinski definition) is 0. The van der Waals surface area contributed by atoms with Gasteiger partial charge in [-0.3, -0.25) is 0 Å². The molecule has 0 N–H and O–H groups in total. The maximum Gasteiger partial charge on any atom is 0.0778 e. The molecule has 0 amide bonds. The fraction of sp³-hybridized carbons (Fsp3) is 0.0769. The zero-order valence-electron chi connectivity index (χ0n) is 8.90. The van der Waals surface area contributed by atoms with Crippen molar-refractivity contribution in [3.05, 3.63) is 54.5 Å². The maximum absolute atomic E-state index is 6.03. The molecule has 2 aromatic rings. The third kappa shape index (κ3) is 2.90. The lowest BCUT2D eigenvalue weighted by Gasteiger charge is -2.08. The summed E-state index contributed by atoms with van der Waals surface area (Å²) in [7, 11) is 0. The molecule has 0 saturated heterocycles. The topological polar surface area (TPSA) is 0 Å². The van der Waals surface area contributed by atoms with Gasteiger partial charge in [-0.2, -0.15) is 0 Å². The summed E-state index contributed by atoms with van der Waals surface area (Å²) in [4.78, 5) is 0. The second-order valence-electron chi connectivity index (χ2n) is 3.74. The molecule has 0 spiro atoms. The molecule has 2 aromatic carbocycles. The van der Waals surface area contributed by atoms with Gasteiger partial charge < -0.3 is 0 Å². The van der Waals surface area contributed by atoms with Crippen LogP contribution in [0.4, 0.5) is 0 Å². The Bertz CT molecular complexity index is 556.